The molecule has 4 rings (SSSR count). The van der Waals surface area contributed by atoms with E-state index >= 15 is 0 Å². The fraction of sp³-hybridized carbons (Fsp3) is 0.304. The third-order valence-corrected chi connectivity index (χ3v) is 7.35. The van der Waals surface area contributed by atoms with E-state index in [4.69, 9.17) is 0 Å². The first-order chi connectivity index (χ1) is 15.0. The lowest BCUT2D eigenvalue weighted by Crippen LogP contribution is -2.32. The van der Waals surface area contributed by atoms with Crippen molar-refractivity contribution in [1.82, 2.24) is 14.1 Å². The van der Waals surface area contributed by atoms with Crippen LogP contribution in [0.25, 0.3) is 0 Å². The zero-order valence-electron chi connectivity index (χ0n) is 17.3. The van der Waals surface area contributed by atoms with E-state index in [1.54, 1.807) is 29.1 Å². The third-order valence-electron chi connectivity index (χ3n) is 5.46. The number of nitrogens with one attached hydrogen (secondary N) is 1. The van der Waals surface area contributed by atoms with Crippen molar-refractivity contribution in [1.29, 1.82) is 0 Å². The number of benzene rings is 2. The average Bonchev–Trinajstić information content (AvgIpc) is 3.13. The molecule has 2 aromatic carbocycles. The van der Waals surface area contributed by atoms with Crippen molar-refractivity contribution in [2.75, 3.05) is 18.4 Å². The predicted octanol–water partition coefficient (Wildman–Crippen LogP) is 3.75. The molecule has 1 aromatic heterocycles. The number of amides is 1. The largest absolute Gasteiger partial charge is 0.322 e. The number of rotatable bonds is 6. The van der Waals surface area contributed by atoms with Crippen molar-refractivity contribution in [3.63, 3.8) is 0 Å². The number of hydrogen-bond acceptors (Lipinski definition) is 4. The zero-order chi connectivity index (χ0) is 21.7. The molecule has 1 fully saturated rings. The van der Waals surface area contributed by atoms with E-state index < -0.39 is 10.0 Å². The molecular weight excluding hydrogens is 412 g/mol. The molecule has 2 heterocycles. The Labute approximate surface area is 182 Å². The standard InChI is InChI=1S/C23H26N4O3S/c28-23(25-22-12-4-3-9-20(22)18-26-14-8-13-24-26)19-10-7-11-21(17-19)31(29,30)27-15-5-1-2-6-16-27/h3-4,7-14,17H,1-2,5-6,15-16,18H2,(H,25,28). The summed E-state index contributed by atoms with van der Waals surface area (Å²) in [6.07, 6.45) is 7.39. The zero-order valence-corrected chi connectivity index (χ0v) is 18.1. The molecule has 0 atom stereocenters. The highest BCUT2D eigenvalue weighted by atomic mass is 32.2. The molecule has 1 amide bonds. The second-order valence-corrected chi connectivity index (χ2v) is 9.60. The molecule has 0 aliphatic carbocycles. The van der Waals surface area contributed by atoms with Crippen LogP contribution in [-0.4, -0.2) is 41.5 Å². The van der Waals surface area contributed by atoms with Gasteiger partial charge in [0.05, 0.1) is 11.4 Å². The minimum Gasteiger partial charge on any atom is -0.322 e. The molecule has 7 nitrogen and oxygen atoms in total. The van der Waals surface area contributed by atoms with Gasteiger partial charge in [0.1, 0.15) is 0 Å². The Bertz CT molecular complexity index is 1140. The summed E-state index contributed by atoms with van der Waals surface area (Å²) in [5.74, 6) is -0.346. The Hall–Kier alpha value is -2.97. The highest BCUT2D eigenvalue weighted by molar-refractivity contribution is 7.89. The van der Waals surface area contributed by atoms with Gasteiger partial charge >= 0.3 is 0 Å². The van der Waals surface area contributed by atoms with E-state index in [9.17, 15) is 13.2 Å². The fourth-order valence-corrected chi connectivity index (χ4v) is 5.34. The Balaban J connectivity index is 1.54. The lowest BCUT2D eigenvalue weighted by molar-refractivity contribution is 0.102. The maximum Gasteiger partial charge on any atom is 0.255 e. The van der Waals surface area contributed by atoms with Crippen LogP contribution in [0.3, 0.4) is 0 Å². The number of aromatic nitrogens is 2. The summed E-state index contributed by atoms with van der Waals surface area (Å²) in [4.78, 5) is 13.1. The quantitative estimate of drug-likeness (QED) is 0.635. The molecule has 3 aromatic rings. The average molecular weight is 439 g/mol. The summed E-state index contributed by atoms with van der Waals surface area (Å²) in [5.41, 5.74) is 1.89. The van der Waals surface area contributed by atoms with Crippen LogP contribution >= 0.6 is 0 Å². The van der Waals surface area contributed by atoms with Crippen LogP contribution in [0.2, 0.25) is 0 Å². The molecule has 0 unspecified atom stereocenters. The van der Waals surface area contributed by atoms with Crippen molar-refractivity contribution in [2.24, 2.45) is 0 Å². The molecule has 162 valence electrons. The summed E-state index contributed by atoms with van der Waals surface area (Å²) in [6.45, 7) is 1.58. The topological polar surface area (TPSA) is 84.3 Å². The lowest BCUT2D eigenvalue weighted by atomic mass is 10.1. The van der Waals surface area contributed by atoms with Crippen molar-refractivity contribution < 1.29 is 13.2 Å². The second kappa shape index (κ2) is 9.45. The van der Waals surface area contributed by atoms with Crippen LogP contribution < -0.4 is 5.32 Å². The number of hydrogen-bond donors (Lipinski definition) is 1. The van der Waals surface area contributed by atoms with Crippen LogP contribution in [-0.2, 0) is 16.6 Å². The van der Waals surface area contributed by atoms with Crippen LogP contribution in [0.4, 0.5) is 5.69 Å². The summed E-state index contributed by atoms with van der Waals surface area (Å²) in [5, 5.41) is 7.13. The molecule has 0 radical (unpaired) electrons. The predicted molar refractivity (Wildman–Crippen MR) is 119 cm³/mol. The minimum absolute atomic E-state index is 0.159. The Morgan fingerprint density at radius 1 is 0.968 bits per heavy atom. The number of para-hydroxylation sites is 1. The molecule has 0 spiro atoms. The maximum absolute atomic E-state index is 13.1. The minimum atomic E-state index is -3.61. The van der Waals surface area contributed by atoms with Crippen LogP contribution in [0.5, 0.6) is 0 Å². The van der Waals surface area contributed by atoms with E-state index in [2.05, 4.69) is 10.4 Å². The second-order valence-electron chi connectivity index (χ2n) is 7.66. The van der Waals surface area contributed by atoms with Crippen molar-refractivity contribution >= 4 is 21.6 Å². The number of carbonyl (C=O) groups excluding carboxylic acids is 1. The van der Waals surface area contributed by atoms with Crippen molar-refractivity contribution in [2.45, 2.75) is 37.1 Å². The van der Waals surface area contributed by atoms with Gasteiger partial charge in [0.15, 0.2) is 0 Å². The molecule has 8 heteroatoms. The molecule has 0 saturated carbocycles. The first-order valence-electron chi connectivity index (χ1n) is 10.5. The number of anilines is 1. The van der Waals surface area contributed by atoms with E-state index in [1.165, 1.54) is 10.4 Å². The van der Waals surface area contributed by atoms with Crippen LogP contribution in [0.15, 0.2) is 71.9 Å². The molecular formula is C23H26N4O3S. The Kier molecular flexibility index (Phi) is 6.48. The van der Waals surface area contributed by atoms with Gasteiger partial charge in [-0.15, -0.1) is 0 Å². The van der Waals surface area contributed by atoms with E-state index in [0.29, 0.717) is 30.9 Å². The summed E-state index contributed by atoms with van der Waals surface area (Å²) in [7, 11) is -3.61. The molecule has 1 saturated heterocycles. The Morgan fingerprint density at radius 3 is 2.48 bits per heavy atom. The summed E-state index contributed by atoms with van der Waals surface area (Å²) < 4.78 is 29.5. The van der Waals surface area contributed by atoms with Crippen LogP contribution in [0.1, 0.15) is 41.6 Å². The van der Waals surface area contributed by atoms with Gasteiger partial charge in [-0.1, -0.05) is 37.1 Å². The van der Waals surface area contributed by atoms with Gasteiger partial charge < -0.3 is 5.32 Å². The molecule has 1 N–H and O–H groups in total. The number of sulfonamides is 1. The van der Waals surface area contributed by atoms with Gasteiger partial charge in [-0.05, 0) is 48.7 Å². The van der Waals surface area contributed by atoms with Gasteiger partial charge in [-0.2, -0.15) is 9.40 Å². The molecule has 1 aliphatic rings. The number of nitrogens with zero attached hydrogens (tertiary/aromatic N) is 3. The fourth-order valence-electron chi connectivity index (χ4n) is 3.77. The SMILES string of the molecule is O=C(Nc1ccccc1Cn1cccn1)c1cccc(S(=O)(=O)N2CCCCCC2)c1. The Morgan fingerprint density at radius 2 is 1.74 bits per heavy atom. The van der Waals surface area contributed by atoms with E-state index in [1.807, 2.05) is 36.5 Å². The first kappa shape index (κ1) is 21.3. The molecule has 31 heavy (non-hydrogen) atoms. The maximum atomic E-state index is 13.1. The monoisotopic (exact) mass is 438 g/mol. The van der Waals surface area contributed by atoms with E-state index in [-0.39, 0.29) is 10.8 Å². The highest BCUT2D eigenvalue weighted by Gasteiger charge is 2.25. The molecule has 1 aliphatic heterocycles. The van der Waals surface area contributed by atoms with Gasteiger partial charge in [0.25, 0.3) is 5.91 Å². The lowest BCUT2D eigenvalue weighted by Gasteiger charge is -2.20. The van der Waals surface area contributed by atoms with Crippen LogP contribution in [0, 0.1) is 0 Å². The summed E-state index contributed by atoms with van der Waals surface area (Å²) >= 11 is 0. The van der Waals surface area contributed by atoms with Gasteiger partial charge in [-0.3, -0.25) is 9.48 Å². The highest BCUT2D eigenvalue weighted by Crippen LogP contribution is 2.22. The van der Waals surface area contributed by atoms with E-state index in [0.717, 1.165) is 31.2 Å². The smallest absolute Gasteiger partial charge is 0.255 e. The van der Waals surface area contributed by atoms with Gasteiger partial charge in [0, 0.05) is 36.7 Å². The van der Waals surface area contributed by atoms with Crippen molar-refractivity contribution in [3.8, 4) is 0 Å². The third kappa shape index (κ3) is 5.03. The first-order valence-corrected chi connectivity index (χ1v) is 11.9. The van der Waals surface area contributed by atoms with Gasteiger partial charge in [-0.25, -0.2) is 8.42 Å². The normalized spacial score (nSPS) is 15.4. The van der Waals surface area contributed by atoms with Crippen molar-refractivity contribution in [3.05, 3.63) is 78.1 Å². The molecule has 0 bridgehead atoms. The van der Waals surface area contributed by atoms with Gasteiger partial charge in [0.2, 0.25) is 10.0 Å². The summed E-state index contributed by atoms with van der Waals surface area (Å²) in [6, 6.07) is 15.6. The number of carbonyl (C=O) groups is 1.